The predicted octanol–water partition coefficient (Wildman–Crippen LogP) is 2.72. The summed E-state index contributed by atoms with van der Waals surface area (Å²) in [7, 11) is 2.00. The third kappa shape index (κ3) is 3.67. The van der Waals surface area contributed by atoms with E-state index in [1.54, 1.807) is 0 Å². The highest BCUT2D eigenvalue weighted by Gasteiger charge is 2.15. The van der Waals surface area contributed by atoms with Crippen LogP contribution >= 0.6 is 0 Å². The first-order valence-corrected chi connectivity index (χ1v) is 7.25. The number of aryl methyl sites for hydroxylation is 3. The first kappa shape index (κ1) is 14.7. The van der Waals surface area contributed by atoms with Crippen molar-refractivity contribution in [2.75, 3.05) is 6.54 Å². The third-order valence-corrected chi connectivity index (χ3v) is 3.45. The maximum Gasteiger partial charge on any atom is 0.0596 e. The smallest absolute Gasteiger partial charge is 0.0596 e. The summed E-state index contributed by atoms with van der Waals surface area (Å²) in [6.07, 6.45) is 3.92. The van der Waals surface area contributed by atoms with Gasteiger partial charge in [0.25, 0.3) is 0 Å². The van der Waals surface area contributed by atoms with Crippen LogP contribution in [-0.4, -0.2) is 21.3 Å². The lowest BCUT2D eigenvalue weighted by Crippen LogP contribution is -2.25. The number of hydrogen-bond acceptors (Lipinski definition) is 3. The molecule has 0 aliphatic heterocycles. The molecule has 2 aromatic heterocycles. The molecule has 1 atom stereocenters. The van der Waals surface area contributed by atoms with Crippen LogP contribution in [0.4, 0.5) is 0 Å². The van der Waals surface area contributed by atoms with Gasteiger partial charge in [0, 0.05) is 25.4 Å². The molecule has 1 N–H and O–H groups in total. The molecular formula is C16H24N4. The second-order valence-electron chi connectivity index (χ2n) is 5.37. The molecule has 108 valence electrons. The lowest BCUT2D eigenvalue weighted by molar-refractivity contribution is 0.501. The van der Waals surface area contributed by atoms with Crippen molar-refractivity contribution in [3.63, 3.8) is 0 Å². The number of rotatable bonds is 6. The Hall–Kier alpha value is -1.68. The minimum atomic E-state index is 0.240. The average Bonchev–Trinajstić information content (AvgIpc) is 2.72. The van der Waals surface area contributed by atoms with Gasteiger partial charge in [0.1, 0.15) is 0 Å². The Kier molecular flexibility index (Phi) is 4.90. The zero-order valence-corrected chi connectivity index (χ0v) is 12.8. The van der Waals surface area contributed by atoms with Gasteiger partial charge in [-0.2, -0.15) is 5.10 Å². The molecule has 0 aliphatic carbocycles. The molecule has 2 rings (SSSR count). The predicted molar refractivity (Wildman–Crippen MR) is 81.7 cm³/mol. The summed E-state index contributed by atoms with van der Waals surface area (Å²) in [5.74, 6) is 0. The SMILES string of the molecule is CCCNC(Cc1cc(C)nn1C)c1cc(C)ccn1. The molecule has 4 heteroatoms. The molecule has 0 radical (unpaired) electrons. The fourth-order valence-electron chi connectivity index (χ4n) is 2.41. The maximum atomic E-state index is 4.53. The summed E-state index contributed by atoms with van der Waals surface area (Å²) in [5.41, 5.74) is 4.66. The second-order valence-corrected chi connectivity index (χ2v) is 5.37. The Morgan fingerprint density at radius 1 is 1.30 bits per heavy atom. The Morgan fingerprint density at radius 3 is 2.70 bits per heavy atom. The van der Waals surface area contributed by atoms with E-state index in [0.29, 0.717) is 0 Å². The van der Waals surface area contributed by atoms with Crippen LogP contribution in [-0.2, 0) is 13.5 Å². The van der Waals surface area contributed by atoms with E-state index < -0.39 is 0 Å². The quantitative estimate of drug-likeness (QED) is 0.879. The van der Waals surface area contributed by atoms with Crippen molar-refractivity contribution in [3.05, 3.63) is 47.0 Å². The van der Waals surface area contributed by atoms with Crippen LogP contribution in [0.2, 0.25) is 0 Å². The third-order valence-electron chi connectivity index (χ3n) is 3.45. The van der Waals surface area contributed by atoms with Gasteiger partial charge in [-0.25, -0.2) is 0 Å². The van der Waals surface area contributed by atoms with Crippen molar-refractivity contribution in [2.24, 2.45) is 7.05 Å². The zero-order chi connectivity index (χ0) is 14.5. The second kappa shape index (κ2) is 6.66. The van der Waals surface area contributed by atoms with Gasteiger partial charge in [-0.05, 0) is 50.6 Å². The fraction of sp³-hybridized carbons (Fsp3) is 0.500. The maximum absolute atomic E-state index is 4.53. The Morgan fingerprint density at radius 2 is 2.10 bits per heavy atom. The highest BCUT2D eigenvalue weighted by molar-refractivity contribution is 5.20. The van der Waals surface area contributed by atoms with E-state index in [1.165, 1.54) is 11.3 Å². The van der Waals surface area contributed by atoms with Crippen molar-refractivity contribution < 1.29 is 0 Å². The molecule has 0 amide bonds. The molecule has 0 bridgehead atoms. The summed E-state index contributed by atoms with van der Waals surface area (Å²) in [4.78, 5) is 4.53. The summed E-state index contributed by atoms with van der Waals surface area (Å²) in [6.45, 7) is 7.32. The zero-order valence-electron chi connectivity index (χ0n) is 12.8. The molecule has 1 unspecified atom stereocenters. The average molecular weight is 272 g/mol. The molecule has 4 nitrogen and oxygen atoms in total. The van der Waals surface area contributed by atoms with Crippen molar-refractivity contribution in [2.45, 2.75) is 39.7 Å². The lowest BCUT2D eigenvalue weighted by atomic mass is 10.1. The van der Waals surface area contributed by atoms with Crippen LogP contribution in [0, 0.1) is 13.8 Å². The molecule has 2 heterocycles. The highest BCUT2D eigenvalue weighted by Crippen LogP contribution is 2.18. The van der Waals surface area contributed by atoms with Crippen LogP contribution in [0.15, 0.2) is 24.4 Å². The molecule has 0 saturated heterocycles. The molecule has 0 aromatic carbocycles. The number of pyridine rings is 1. The number of hydrogen-bond donors (Lipinski definition) is 1. The summed E-state index contributed by atoms with van der Waals surface area (Å²) >= 11 is 0. The van der Waals surface area contributed by atoms with E-state index in [-0.39, 0.29) is 6.04 Å². The molecule has 20 heavy (non-hydrogen) atoms. The van der Waals surface area contributed by atoms with E-state index in [4.69, 9.17) is 0 Å². The molecular weight excluding hydrogens is 248 g/mol. The van der Waals surface area contributed by atoms with Gasteiger partial charge < -0.3 is 5.32 Å². The standard InChI is InChI=1S/C16H24N4/c1-5-7-17-16(15-9-12(2)6-8-18-15)11-14-10-13(3)19-20(14)4/h6,8-10,16-17H,5,7,11H2,1-4H3. The first-order chi connectivity index (χ1) is 9.60. The Bertz CT molecular complexity index is 559. The Balaban J connectivity index is 2.21. The van der Waals surface area contributed by atoms with Crippen molar-refractivity contribution in [1.82, 2.24) is 20.1 Å². The van der Waals surface area contributed by atoms with E-state index >= 15 is 0 Å². The summed E-state index contributed by atoms with van der Waals surface area (Å²) in [6, 6.07) is 6.59. The minimum absolute atomic E-state index is 0.240. The Labute approximate surface area is 121 Å². The van der Waals surface area contributed by atoms with Crippen LogP contribution < -0.4 is 5.32 Å². The molecule has 0 spiro atoms. The van der Waals surface area contributed by atoms with Crippen LogP contribution in [0.3, 0.4) is 0 Å². The first-order valence-electron chi connectivity index (χ1n) is 7.25. The van der Waals surface area contributed by atoms with Gasteiger partial charge in [0.05, 0.1) is 17.4 Å². The number of nitrogens with one attached hydrogen (secondary N) is 1. The van der Waals surface area contributed by atoms with Gasteiger partial charge in [-0.1, -0.05) is 6.92 Å². The van der Waals surface area contributed by atoms with Crippen LogP contribution in [0.25, 0.3) is 0 Å². The molecule has 0 fully saturated rings. The number of nitrogens with zero attached hydrogens (tertiary/aromatic N) is 3. The highest BCUT2D eigenvalue weighted by atomic mass is 15.3. The molecule has 2 aromatic rings. The lowest BCUT2D eigenvalue weighted by Gasteiger charge is -2.18. The van der Waals surface area contributed by atoms with Gasteiger partial charge in [0.2, 0.25) is 0 Å². The van der Waals surface area contributed by atoms with E-state index in [9.17, 15) is 0 Å². The monoisotopic (exact) mass is 272 g/mol. The summed E-state index contributed by atoms with van der Waals surface area (Å²) < 4.78 is 1.96. The summed E-state index contributed by atoms with van der Waals surface area (Å²) in [5, 5.41) is 8.02. The fourth-order valence-corrected chi connectivity index (χ4v) is 2.41. The molecule has 0 saturated carbocycles. The normalized spacial score (nSPS) is 12.6. The van der Waals surface area contributed by atoms with Crippen LogP contribution in [0.1, 0.15) is 42.0 Å². The van der Waals surface area contributed by atoms with Crippen molar-refractivity contribution in [1.29, 1.82) is 0 Å². The molecule has 0 aliphatic rings. The number of aromatic nitrogens is 3. The van der Waals surface area contributed by atoms with Crippen molar-refractivity contribution >= 4 is 0 Å². The topological polar surface area (TPSA) is 42.7 Å². The minimum Gasteiger partial charge on any atom is -0.308 e. The van der Waals surface area contributed by atoms with Crippen molar-refractivity contribution in [3.8, 4) is 0 Å². The van der Waals surface area contributed by atoms with Gasteiger partial charge in [-0.15, -0.1) is 0 Å². The van der Waals surface area contributed by atoms with Gasteiger partial charge in [0.15, 0.2) is 0 Å². The van der Waals surface area contributed by atoms with E-state index in [0.717, 1.165) is 30.8 Å². The largest absolute Gasteiger partial charge is 0.308 e. The van der Waals surface area contributed by atoms with Gasteiger partial charge in [-0.3, -0.25) is 9.67 Å². The van der Waals surface area contributed by atoms with E-state index in [2.05, 4.69) is 41.4 Å². The van der Waals surface area contributed by atoms with Crippen LogP contribution in [0.5, 0.6) is 0 Å². The van der Waals surface area contributed by atoms with E-state index in [1.807, 2.05) is 30.9 Å². The van der Waals surface area contributed by atoms with Gasteiger partial charge >= 0.3 is 0 Å².